The zero-order valence-electron chi connectivity index (χ0n) is 9.47. The highest BCUT2D eigenvalue weighted by atomic mass is 32.3. The van der Waals surface area contributed by atoms with Gasteiger partial charge in [-0.2, -0.15) is 12.7 Å². The lowest BCUT2D eigenvalue weighted by atomic mass is 9.97. The SMILES string of the molecule is NC(=O)c1cnc(C2CCN(S(=O)(=O)F)CC2)[nH]1. The largest absolute Gasteiger partial charge is 0.374 e. The van der Waals surface area contributed by atoms with E-state index in [1.807, 2.05) is 0 Å². The molecule has 0 radical (unpaired) electrons. The quantitative estimate of drug-likeness (QED) is 0.751. The third-order valence-corrected chi connectivity index (χ3v) is 3.99. The molecule has 0 aliphatic carbocycles. The molecule has 1 amide bonds. The monoisotopic (exact) mass is 276 g/mol. The fourth-order valence-corrected chi connectivity index (χ4v) is 2.66. The van der Waals surface area contributed by atoms with Crippen LogP contribution in [0.3, 0.4) is 0 Å². The van der Waals surface area contributed by atoms with Gasteiger partial charge in [0.2, 0.25) is 0 Å². The first-order chi connectivity index (χ1) is 8.38. The maximum absolute atomic E-state index is 12.7. The Bertz CT molecular complexity index is 548. The Labute approximate surface area is 104 Å². The highest BCUT2D eigenvalue weighted by Crippen LogP contribution is 2.27. The first-order valence-corrected chi connectivity index (χ1v) is 6.76. The average molecular weight is 276 g/mol. The number of imidazole rings is 1. The summed E-state index contributed by atoms with van der Waals surface area (Å²) in [7, 11) is -4.61. The number of primary amides is 1. The number of carbonyl (C=O) groups is 1. The van der Waals surface area contributed by atoms with Crippen molar-refractivity contribution in [1.82, 2.24) is 14.3 Å². The minimum atomic E-state index is -4.61. The Morgan fingerprint density at radius 3 is 2.56 bits per heavy atom. The summed E-state index contributed by atoms with van der Waals surface area (Å²) in [4.78, 5) is 17.7. The second-order valence-corrected chi connectivity index (χ2v) is 5.50. The highest BCUT2D eigenvalue weighted by Gasteiger charge is 2.29. The van der Waals surface area contributed by atoms with Gasteiger partial charge in [-0.15, -0.1) is 0 Å². The molecule has 0 atom stereocenters. The number of aromatic amines is 1. The number of nitrogens with two attached hydrogens (primary N) is 1. The summed E-state index contributed by atoms with van der Waals surface area (Å²) in [6, 6.07) is 0. The smallest absolute Gasteiger partial charge is 0.364 e. The van der Waals surface area contributed by atoms with E-state index in [9.17, 15) is 17.1 Å². The number of nitrogens with one attached hydrogen (secondary N) is 1. The maximum atomic E-state index is 12.7. The minimum Gasteiger partial charge on any atom is -0.364 e. The number of hydrogen-bond acceptors (Lipinski definition) is 4. The number of amides is 1. The van der Waals surface area contributed by atoms with Crippen LogP contribution in [0.5, 0.6) is 0 Å². The molecule has 1 fully saturated rings. The van der Waals surface area contributed by atoms with E-state index in [1.165, 1.54) is 6.20 Å². The zero-order chi connectivity index (χ0) is 13.3. The molecule has 1 aliphatic rings. The Morgan fingerprint density at radius 1 is 1.50 bits per heavy atom. The molecule has 3 N–H and O–H groups in total. The molecule has 100 valence electrons. The van der Waals surface area contributed by atoms with Crippen LogP contribution in [-0.4, -0.2) is 41.7 Å². The molecular weight excluding hydrogens is 263 g/mol. The standard InChI is InChI=1S/C9H13FN4O3S/c10-18(16,17)14-3-1-6(2-4-14)9-12-5-7(13-9)8(11)15/h5-6H,1-4H2,(H2,11,15)(H,12,13). The molecule has 18 heavy (non-hydrogen) atoms. The first-order valence-electron chi connectivity index (χ1n) is 5.42. The van der Waals surface area contributed by atoms with Gasteiger partial charge in [-0.25, -0.2) is 4.98 Å². The van der Waals surface area contributed by atoms with E-state index in [4.69, 9.17) is 5.73 Å². The summed E-state index contributed by atoms with van der Waals surface area (Å²) < 4.78 is 34.9. The molecule has 1 aromatic heterocycles. The second kappa shape index (κ2) is 4.65. The first kappa shape index (κ1) is 13.0. The van der Waals surface area contributed by atoms with E-state index < -0.39 is 16.3 Å². The van der Waals surface area contributed by atoms with Crippen LogP contribution in [0.2, 0.25) is 0 Å². The maximum Gasteiger partial charge on any atom is 0.374 e. The Morgan fingerprint density at radius 2 is 2.11 bits per heavy atom. The number of aromatic nitrogens is 2. The van der Waals surface area contributed by atoms with E-state index in [2.05, 4.69) is 9.97 Å². The summed E-state index contributed by atoms with van der Waals surface area (Å²) in [6.45, 7) is 0.214. The number of carbonyl (C=O) groups excluding carboxylic acids is 1. The molecule has 0 spiro atoms. The molecule has 0 bridgehead atoms. The molecule has 2 heterocycles. The van der Waals surface area contributed by atoms with Crippen LogP contribution in [0.1, 0.15) is 35.1 Å². The van der Waals surface area contributed by atoms with Gasteiger partial charge >= 0.3 is 10.4 Å². The molecular formula is C9H13FN4O3S. The lowest BCUT2D eigenvalue weighted by molar-refractivity contribution is 0.0996. The van der Waals surface area contributed by atoms with Crippen LogP contribution in [0.25, 0.3) is 0 Å². The normalized spacial score (nSPS) is 18.9. The number of H-pyrrole nitrogens is 1. The van der Waals surface area contributed by atoms with Crippen LogP contribution in [0.4, 0.5) is 3.89 Å². The Kier molecular flexibility index (Phi) is 3.35. The topological polar surface area (TPSA) is 109 Å². The molecule has 1 aromatic rings. The molecule has 0 saturated carbocycles. The molecule has 2 rings (SSSR count). The summed E-state index contributed by atoms with van der Waals surface area (Å²) >= 11 is 0. The predicted octanol–water partition coefficient (Wildman–Crippen LogP) is -0.0977. The van der Waals surface area contributed by atoms with Gasteiger partial charge in [0.15, 0.2) is 0 Å². The van der Waals surface area contributed by atoms with Crippen molar-refractivity contribution < 1.29 is 17.1 Å². The second-order valence-electron chi connectivity index (χ2n) is 4.16. The van der Waals surface area contributed by atoms with Crippen LogP contribution in [0.15, 0.2) is 6.20 Å². The van der Waals surface area contributed by atoms with Crippen LogP contribution in [-0.2, 0) is 10.4 Å². The lowest BCUT2D eigenvalue weighted by Gasteiger charge is -2.27. The molecule has 0 aromatic carbocycles. The summed E-state index contributed by atoms with van der Waals surface area (Å²) in [5.74, 6) is -0.0340. The molecule has 7 nitrogen and oxygen atoms in total. The van der Waals surface area contributed by atoms with E-state index >= 15 is 0 Å². The average Bonchev–Trinajstić information content (AvgIpc) is 2.77. The van der Waals surface area contributed by atoms with Crippen LogP contribution >= 0.6 is 0 Å². The summed E-state index contributed by atoms with van der Waals surface area (Å²) in [6.07, 6.45) is 2.25. The number of nitrogens with zero attached hydrogens (tertiary/aromatic N) is 2. The summed E-state index contributed by atoms with van der Waals surface area (Å²) in [5, 5.41) is 0. The van der Waals surface area contributed by atoms with E-state index in [1.54, 1.807) is 0 Å². The van der Waals surface area contributed by atoms with Crippen molar-refractivity contribution in [3.63, 3.8) is 0 Å². The van der Waals surface area contributed by atoms with Gasteiger partial charge < -0.3 is 10.7 Å². The van der Waals surface area contributed by atoms with Gasteiger partial charge in [-0.3, -0.25) is 4.79 Å². The third kappa shape index (κ3) is 2.67. The number of halogens is 1. The summed E-state index contributed by atoms with van der Waals surface area (Å²) in [5.41, 5.74) is 5.30. The van der Waals surface area contributed by atoms with E-state index in [-0.39, 0.29) is 24.7 Å². The minimum absolute atomic E-state index is 0.0175. The molecule has 1 aliphatic heterocycles. The number of piperidine rings is 1. The van der Waals surface area contributed by atoms with Crippen molar-refractivity contribution in [2.24, 2.45) is 5.73 Å². The molecule has 9 heteroatoms. The van der Waals surface area contributed by atoms with Gasteiger partial charge in [0.25, 0.3) is 5.91 Å². The van der Waals surface area contributed by atoms with Gasteiger partial charge in [0.05, 0.1) is 6.20 Å². The van der Waals surface area contributed by atoms with Gasteiger partial charge in [0.1, 0.15) is 11.5 Å². The van der Waals surface area contributed by atoms with Crippen molar-refractivity contribution in [1.29, 1.82) is 0 Å². The Balaban J connectivity index is 2.03. The Hall–Kier alpha value is -1.48. The van der Waals surface area contributed by atoms with Crippen molar-refractivity contribution in [3.05, 3.63) is 17.7 Å². The van der Waals surface area contributed by atoms with Gasteiger partial charge in [0, 0.05) is 19.0 Å². The lowest BCUT2D eigenvalue weighted by Crippen LogP contribution is -2.35. The van der Waals surface area contributed by atoms with E-state index in [0.717, 1.165) is 4.31 Å². The third-order valence-electron chi connectivity index (χ3n) is 3.01. The predicted molar refractivity (Wildman–Crippen MR) is 60.7 cm³/mol. The fourth-order valence-electron chi connectivity index (χ4n) is 2.02. The van der Waals surface area contributed by atoms with Gasteiger partial charge in [-0.05, 0) is 12.8 Å². The number of hydrogen-bond donors (Lipinski definition) is 2. The fraction of sp³-hybridized carbons (Fsp3) is 0.556. The number of rotatable bonds is 3. The zero-order valence-corrected chi connectivity index (χ0v) is 10.3. The van der Waals surface area contributed by atoms with E-state index in [0.29, 0.717) is 18.7 Å². The van der Waals surface area contributed by atoms with Crippen molar-refractivity contribution in [2.45, 2.75) is 18.8 Å². The van der Waals surface area contributed by atoms with Crippen LogP contribution < -0.4 is 5.73 Å². The highest BCUT2D eigenvalue weighted by molar-refractivity contribution is 7.83. The van der Waals surface area contributed by atoms with Crippen molar-refractivity contribution in [2.75, 3.05) is 13.1 Å². The molecule has 1 saturated heterocycles. The van der Waals surface area contributed by atoms with Crippen molar-refractivity contribution in [3.8, 4) is 0 Å². The van der Waals surface area contributed by atoms with Gasteiger partial charge in [-0.1, -0.05) is 3.89 Å². The molecule has 0 unspecified atom stereocenters. The van der Waals surface area contributed by atoms with Crippen LogP contribution in [0, 0.1) is 0 Å². The van der Waals surface area contributed by atoms with Crippen molar-refractivity contribution >= 4 is 16.3 Å².